The lowest BCUT2D eigenvalue weighted by Gasteiger charge is -2.41. The van der Waals surface area contributed by atoms with Gasteiger partial charge < -0.3 is 30.0 Å². The fraction of sp³-hybridized carbons (Fsp3) is 0.214. The van der Waals surface area contributed by atoms with E-state index < -0.39 is 6.29 Å². The summed E-state index contributed by atoms with van der Waals surface area (Å²) in [6.07, 6.45) is -0.858. The molecule has 6 aromatic rings. The van der Waals surface area contributed by atoms with Crippen molar-refractivity contribution in [3.63, 3.8) is 0 Å². The summed E-state index contributed by atoms with van der Waals surface area (Å²) in [5, 5.41) is 24.8. The largest absolute Gasteiger partial charge is 0.457 e. The molecule has 1 aliphatic rings. The van der Waals surface area contributed by atoms with Crippen molar-refractivity contribution in [2.45, 2.75) is 49.8 Å². The number of aliphatic hydroxyl groups excluding tert-OH is 1. The van der Waals surface area contributed by atoms with E-state index in [9.17, 15) is 9.90 Å². The van der Waals surface area contributed by atoms with Crippen molar-refractivity contribution in [3.8, 4) is 22.6 Å². The molecule has 1 fully saturated rings. The molecule has 9 nitrogen and oxygen atoms in total. The number of urea groups is 1. The summed E-state index contributed by atoms with van der Waals surface area (Å²) in [6.45, 7) is 4.48. The van der Waals surface area contributed by atoms with E-state index in [-0.39, 0.29) is 30.8 Å². The Hall–Kier alpha value is -5.04. The van der Waals surface area contributed by atoms with Crippen LogP contribution in [0.1, 0.15) is 46.6 Å². The summed E-state index contributed by atoms with van der Waals surface area (Å²) >= 11 is 3.24. The van der Waals surface area contributed by atoms with E-state index in [1.807, 2.05) is 97.9 Å². The highest BCUT2D eigenvalue weighted by Crippen LogP contribution is 2.43. The average molecular weight is 745 g/mol. The number of thioether (sulfide) groups is 1. The number of hydrogen-bond donors (Lipinski definition) is 3. The van der Waals surface area contributed by atoms with Gasteiger partial charge in [0.1, 0.15) is 16.5 Å². The zero-order valence-electron chi connectivity index (χ0n) is 29.3. The maximum Gasteiger partial charge on any atom is 0.319 e. The Bertz CT molecular complexity index is 2090. The second kappa shape index (κ2) is 17.2. The SMILES string of the molecule is Cc1nnc(SC[C@@H]2O[C@H](c3ccc(-c4cccc(CNC(=O)Nc5ccc(Oc6ccccc6)cc5)c4)cc3)O[C@H](c3ccc(CO)cc3)[C@@H]2C)s1. The molecule has 0 unspecified atom stereocenters. The van der Waals surface area contributed by atoms with Gasteiger partial charge in [0.15, 0.2) is 10.6 Å². The fourth-order valence-electron chi connectivity index (χ4n) is 6.08. The number of para-hydroxylation sites is 1. The van der Waals surface area contributed by atoms with Crippen molar-refractivity contribution < 1.29 is 24.1 Å². The molecule has 5 aromatic carbocycles. The first-order valence-corrected chi connectivity index (χ1v) is 19.2. The van der Waals surface area contributed by atoms with Gasteiger partial charge in [0, 0.05) is 29.5 Å². The van der Waals surface area contributed by atoms with Crippen LogP contribution in [0.3, 0.4) is 0 Å². The number of aromatic nitrogens is 2. The Labute approximate surface area is 317 Å². The second-order valence-electron chi connectivity index (χ2n) is 12.8. The molecule has 0 aliphatic carbocycles. The van der Waals surface area contributed by atoms with E-state index >= 15 is 0 Å². The Balaban J connectivity index is 0.983. The number of anilines is 1. The standard InChI is InChI=1S/C42H40N4O5S2/c1-27-38(26-52-42-46-45-28(2)53-42)50-40(51-39(27)32-13-11-29(25-47)12-14-32)33-17-15-31(16-18-33)34-8-6-7-30(23-34)24-43-41(48)44-35-19-21-37(22-20-35)49-36-9-4-3-5-10-36/h3-23,27,38-40,47H,24-26H2,1-2H3,(H2,43,44,48)/t27-,38+,39+,40+/m1/s1. The number of carbonyl (C=O) groups excluding carboxylic acids is 1. The van der Waals surface area contributed by atoms with Gasteiger partial charge in [-0.3, -0.25) is 0 Å². The molecule has 53 heavy (non-hydrogen) atoms. The summed E-state index contributed by atoms with van der Waals surface area (Å²) in [7, 11) is 0. The zero-order chi connectivity index (χ0) is 36.6. The average Bonchev–Trinajstić information content (AvgIpc) is 3.62. The van der Waals surface area contributed by atoms with Crippen molar-refractivity contribution in [1.29, 1.82) is 0 Å². The molecule has 7 rings (SSSR count). The van der Waals surface area contributed by atoms with Gasteiger partial charge in [-0.15, -0.1) is 10.2 Å². The molecule has 0 saturated carbocycles. The van der Waals surface area contributed by atoms with E-state index in [1.54, 1.807) is 23.1 Å². The molecule has 1 aromatic heterocycles. The van der Waals surface area contributed by atoms with Crippen molar-refractivity contribution in [2.24, 2.45) is 5.92 Å². The van der Waals surface area contributed by atoms with Crippen molar-refractivity contribution in [3.05, 3.63) is 155 Å². The minimum absolute atomic E-state index is 0.00364. The van der Waals surface area contributed by atoms with Gasteiger partial charge >= 0.3 is 6.03 Å². The van der Waals surface area contributed by atoms with Crippen LogP contribution >= 0.6 is 23.1 Å². The number of rotatable bonds is 12. The number of aryl methyl sites for hydroxylation is 1. The van der Waals surface area contributed by atoms with Crippen molar-refractivity contribution in [2.75, 3.05) is 11.1 Å². The number of benzene rings is 5. The summed E-state index contributed by atoms with van der Waals surface area (Å²) in [6, 6.07) is 40.8. The number of hydrogen-bond acceptors (Lipinski definition) is 9. The Morgan fingerprint density at radius 1 is 0.811 bits per heavy atom. The molecule has 3 N–H and O–H groups in total. The lowest BCUT2D eigenvalue weighted by Crippen LogP contribution is -2.38. The number of carbonyl (C=O) groups is 1. The number of amides is 2. The molecule has 0 radical (unpaired) electrons. The third-order valence-corrected chi connectivity index (χ3v) is 11.0. The minimum atomic E-state index is -0.564. The smallest absolute Gasteiger partial charge is 0.319 e. The fourth-order valence-corrected chi connectivity index (χ4v) is 8.09. The zero-order valence-corrected chi connectivity index (χ0v) is 31.0. The van der Waals surface area contributed by atoms with Crippen LogP contribution in [-0.4, -0.2) is 33.2 Å². The highest BCUT2D eigenvalue weighted by atomic mass is 32.2. The van der Waals surface area contributed by atoms with Crippen LogP contribution in [0.15, 0.2) is 132 Å². The summed E-state index contributed by atoms with van der Waals surface area (Å²) < 4.78 is 20.0. The van der Waals surface area contributed by atoms with Gasteiger partial charge in [-0.2, -0.15) is 0 Å². The highest BCUT2D eigenvalue weighted by Gasteiger charge is 2.38. The van der Waals surface area contributed by atoms with Gasteiger partial charge in [-0.25, -0.2) is 4.79 Å². The van der Waals surface area contributed by atoms with Crippen molar-refractivity contribution >= 4 is 34.8 Å². The Morgan fingerprint density at radius 2 is 1.55 bits per heavy atom. The third-order valence-electron chi connectivity index (χ3n) is 8.99. The van der Waals surface area contributed by atoms with Crippen LogP contribution in [0.5, 0.6) is 11.5 Å². The lowest BCUT2D eigenvalue weighted by atomic mass is 9.91. The molecule has 2 amide bonds. The molecule has 0 spiro atoms. The molecule has 270 valence electrons. The molecular formula is C42H40N4O5S2. The first kappa shape index (κ1) is 36.3. The maximum absolute atomic E-state index is 12.7. The summed E-state index contributed by atoms with van der Waals surface area (Å²) in [5.74, 6) is 2.23. The number of nitrogens with zero attached hydrogens (tertiary/aromatic N) is 2. The van der Waals surface area contributed by atoms with E-state index in [0.717, 1.165) is 48.5 Å². The van der Waals surface area contributed by atoms with Crippen molar-refractivity contribution in [1.82, 2.24) is 15.5 Å². The van der Waals surface area contributed by atoms with Gasteiger partial charge in [0.25, 0.3) is 0 Å². The molecule has 11 heteroatoms. The van der Waals surface area contributed by atoms with Crippen LogP contribution in [-0.2, 0) is 22.6 Å². The normalized spacial score (nSPS) is 18.3. The Morgan fingerprint density at radius 3 is 2.26 bits per heavy atom. The molecule has 2 heterocycles. The maximum atomic E-state index is 12.7. The number of nitrogens with one attached hydrogen (secondary N) is 2. The van der Waals surface area contributed by atoms with Gasteiger partial charge in [0.2, 0.25) is 0 Å². The quantitative estimate of drug-likeness (QED) is 0.106. The molecular weight excluding hydrogens is 705 g/mol. The van der Waals surface area contributed by atoms with Crippen LogP contribution in [0.25, 0.3) is 11.1 Å². The second-order valence-corrected chi connectivity index (χ2v) is 15.2. The predicted molar refractivity (Wildman–Crippen MR) is 209 cm³/mol. The summed E-state index contributed by atoms with van der Waals surface area (Å²) in [5.41, 5.74) is 6.55. The molecule has 0 bridgehead atoms. The predicted octanol–water partition coefficient (Wildman–Crippen LogP) is 9.70. The molecule has 1 aliphatic heterocycles. The Kier molecular flexibility index (Phi) is 11.8. The highest BCUT2D eigenvalue weighted by molar-refractivity contribution is 8.01. The number of ether oxygens (including phenoxy) is 3. The van der Waals surface area contributed by atoms with Gasteiger partial charge in [0.05, 0.1) is 18.8 Å². The monoisotopic (exact) mass is 744 g/mol. The topological polar surface area (TPSA) is 115 Å². The first-order valence-electron chi connectivity index (χ1n) is 17.4. The van der Waals surface area contributed by atoms with E-state index in [2.05, 4.69) is 64.2 Å². The van der Waals surface area contributed by atoms with E-state index in [4.69, 9.17) is 14.2 Å². The lowest BCUT2D eigenvalue weighted by molar-refractivity contribution is -0.268. The van der Waals surface area contributed by atoms with Gasteiger partial charge in [-0.1, -0.05) is 115 Å². The summed E-state index contributed by atoms with van der Waals surface area (Å²) in [4.78, 5) is 12.7. The minimum Gasteiger partial charge on any atom is -0.457 e. The van der Waals surface area contributed by atoms with Crippen LogP contribution in [0.2, 0.25) is 0 Å². The first-order chi connectivity index (χ1) is 25.9. The molecule has 1 saturated heterocycles. The van der Waals surface area contributed by atoms with E-state index in [1.165, 1.54) is 0 Å². The molecule has 4 atom stereocenters. The third kappa shape index (κ3) is 9.50. The number of aliphatic hydroxyl groups is 1. The van der Waals surface area contributed by atoms with Gasteiger partial charge in [-0.05, 0) is 77.2 Å². The van der Waals surface area contributed by atoms with Crippen LogP contribution in [0.4, 0.5) is 10.5 Å². The van der Waals surface area contributed by atoms with Crippen LogP contribution < -0.4 is 15.4 Å². The van der Waals surface area contributed by atoms with E-state index in [0.29, 0.717) is 23.7 Å². The van der Waals surface area contributed by atoms with Crippen LogP contribution in [0, 0.1) is 12.8 Å².